The van der Waals surface area contributed by atoms with E-state index in [1.54, 1.807) is 31.6 Å². The Morgan fingerprint density at radius 1 is 1.28 bits per heavy atom. The molecule has 0 unspecified atom stereocenters. The minimum absolute atomic E-state index is 0.217. The molecule has 0 N–H and O–H groups in total. The van der Waals surface area contributed by atoms with E-state index in [2.05, 4.69) is 9.97 Å². The molecule has 0 aliphatic carbocycles. The van der Waals surface area contributed by atoms with Gasteiger partial charge in [-0.05, 0) is 18.2 Å². The van der Waals surface area contributed by atoms with Crippen molar-refractivity contribution in [3.63, 3.8) is 0 Å². The van der Waals surface area contributed by atoms with E-state index >= 15 is 0 Å². The van der Waals surface area contributed by atoms with Crippen LogP contribution in [0.3, 0.4) is 0 Å². The molecule has 0 saturated heterocycles. The number of hydrogen-bond donors (Lipinski definition) is 0. The van der Waals surface area contributed by atoms with Crippen LogP contribution in [0.25, 0.3) is 0 Å². The van der Waals surface area contributed by atoms with Gasteiger partial charge in [0.05, 0.1) is 11.1 Å². The molecule has 0 aliphatic rings. The zero-order chi connectivity index (χ0) is 13.0. The number of aromatic nitrogens is 2. The first-order valence-corrected chi connectivity index (χ1v) is 5.25. The van der Waals surface area contributed by atoms with Crippen molar-refractivity contribution < 1.29 is 4.79 Å². The highest BCUT2D eigenvalue weighted by molar-refractivity contribution is 6.05. The normalized spacial score (nSPS) is 9.56. The van der Waals surface area contributed by atoms with Crippen molar-refractivity contribution in [2.24, 2.45) is 0 Å². The van der Waals surface area contributed by atoms with Gasteiger partial charge < -0.3 is 4.90 Å². The first kappa shape index (κ1) is 11.7. The number of carbonyl (C=O) groups excluding carboxylic acids is 1. The van der Waals surface area contributed by atoms with Gasteiger partial charge in [-0.1, -0.05) is 0 Å². The van der Waals surface area contributed by atoms with E-state index in [0.717, 1.165) is 5.69 Å². The van der Waals surface area contributed by atoms with E-state index in [1.165, 1.54) is 23.4 Å². The zero-order valence-corrected chi connectivity index (χ0v) is 9.74. The fourth-order valence-electron chi connectivity index (χ4n) is 1.50. The molecule has 0 aliphatic heterocycles. The van der Waals surface area contributed by atoms with Gasteiger partial charge in [0.15, 0.2) is 0 Å². The van der Waals surface area contributed by atoms with Crippen LogP contribution in [0, 0.1) is 11.3 Å². The topological polar surface area (TPSA) is 69.9 Å². The molecule has 18 heavy (non-hydrogen) atoms. The molecule has 2 heterocycles. The third-order valence-corrected chi connectivity index (χ3v) is 2.47. The maximum absolute atomic E-state index is 12.2. The third-order valence-electron chi connectivity index (χ3n) is 2.47. The van der Waals surface area contributed by atoms with Crippen molar-refractivity contribution in [2.45, 2.75) is 0 Å². The Morgan fingerprint density at radius 2 is 2.00 bits per heavy atom. The van der Waals surface area contributed by atoms with Gasteiger partial charge in [-0.3, -0.25) is 14.8 Å². The molecule has 0 atom stereocenters. The van der Waals surface area contributed by atoms with Crippen LogP contribution in [0.1, 0.15) is 15.9 Å². The van der Waals surface area contributed by atoms with Gasteiger partial charge >= 0.3 is 0 Å². The van der Waals surface area contributed by atoms with Crippen LogP contribution in [0.4, 0.5) is 5.69 Å². The van der Waals surface area contributed by atoms with Gasteiger partial charge in [0, 0.05) is 37.5 Å². The summed E-state index contributed by atoms with van der Waals surface area (Å²) >= 11 is 0. The van der Waals surface area contributed by atoms with E-state index < -0.39 is 0 Å². The number of amides is 1. The fourth-order valence-corrected chi connectivity index (χ4v) is 1.50. The van der Waals surface area contributed by atoms with Crippen molar-refractivity contribution in [3.05, 3.63) is 54.1 Å². The van der Waals surface area contributed by atoms with Gasteiger partial charge in [-0.25, -0.2) is 0 Å². The number of anilines is 1. The Balaban J connectivity index is 2.29. The summed E-state index contributed by atoms with van der Waals surface area (Å²) in [6.45, 7) is 0. The lowest BCUT2D eigenvalue weighted by atomic mass is 10.2. The van der Waals surface area contributed by atoms with Crippen LogP contribution in [0.5, 0.6) is 0 Å². The molecular formula is C13H10N4O. The smallest absolute Gasteiger partial charge is 0.259 e. The summed E-state index contributed by atoms with van der Waals surface area (Å²) in [4.78, 5) is 21.4. The van der Waals surface area contributed by atoms with E-state index in [-0.39, 0.29) is 5.91 Å². The standard InChI is InChI=1S/C13H10N4O/c1-17(12-2-4-15-5-3-12)13(18)11-6-10(7-14)8-16-9-11/h2-6,8-9H,1H3. The molecule has 2 aromatic heterocycles. The summed E-state index contributed by atoms with van der Waals surface area (Å²) in [6, 6.07) is 6.95. The lowest BCUT2D eigenvalue weighted by Crippen LogP contribution is -2.26. The first-order valence-electron chi connectivity index (χ1n) is 5.25. The molecule has 0 saturated carbocycles. The summed E-state index contributed by atoms with van der Waals surface area (Å²) in [5, 5.41) is 8.78. The summed E-state index contributed by atoms with van der Waals surface area (Å²) in [5.41, 5.74) is 1.48. The van der Waals surface area contributed by atoms with Crippen molar-refractivity contribution in [1.29, 1.82) is 5.26 Å². The Hall–Kier alpha value is -2.74. The number of carbonyl (C=O) groups is 1. The predicted molar refractivity (Wildman–Crippen MR) is 65.9 cm³/mol. The van der Waals surface area contributed by atoms with Gasteiger partial charge in [0.1, 0.15) is 6.07 Å². The fraction of sp³-hybridized carbons (Fsp3) is 0.0769. The van der Waals surface area contributed by atoms with Gasteiger partial charge in [0.25, 0.3) is 5.91 Å². The summed E-state index contributed by atoms with van der Waals surface area (Å²) < 4.78 is 0. The number of rotatable bonds is 2. The van der Waals surface area contributed by atoms with Crippen LogP contribution in [-0.2, 0) is 0 Å². The SMILES string of the molecule is CN(C(=O)c1cncc(C#N)c1)c1ccncc1. The highest BCUT2D eigenvalue weighted by atomic mass is 16.2. The van der Waals surface area contributed by atoms with Crippen molar-refractivity contribution >= 4 is 11.6 Å². The molecule has 0 aromatic carbocycles. The Morgan fingerprint density at radius 3 is 2.67 bits per heavy atom. The molecule has 0 spiro atoms. The van der Waals surface area contributed by atoms with Crippen molar-refractivity contribution in [1.82, 2.24) is 9.97 Å². The lowest BCUT2D eigenvalue weighted by Gasteiger charge is -2.16. The highest BCUT2D eigenvalue weighted by Gasteiger charge is 2.14. The number of nitrogens with zero attached hydrogens (tertiary/aromatic N) is 4. The molecule has 5 nitrogen and oxygen atoms in total. The predicted octanol–water partition coefficient (Wildman–Crippen LogP) is 1.62. The molecule has 0 bridgehead atoms. The summed E-state index contributed by atoms with van der Waals surface area (Å²) in [6.07, 6.45) is 6.09. The van der Waals surface area contributed by atoms with Gasteiger partial charge in [0.2, 0.25) is 0 Å². The van der Waals surface area contributed by atoms with Gasteiger partial charge in [-0.15, -0.1) is 0 Å². The quantitative estimate of drug-likeness (QED) is 0.797. The monoisotopic (exact) mass is 238 g/mol. The Kier molecular flexibility index (Phi) is 3.30. The second-order valence-corrected chi connectivity index (χ2v) is 3.64. The van der Waals surface area contributed by atoms with Crippen LogP contribution in [-0.4, -0.2) is 22.9 Å². The number of hydrogen-bond acceptors (Lipinski definition) is 4. The van der Waals surface area contributed by atoms with E-state index in [9.17, 15) is 4.79 Å². The molecule has 2 aromatic rings. The molecule has 88 valence electrons. The molecule has 0 radical (unpaired) electrons. The summed E-state index contributed by atoms with van der Waals surface area (Å²) in [5.74, 6) is -0.217. The van der Waals surface area contributed by atoms with Crippen LogP contribution in [0.15, 0.2) is 43.0 Å². The van der Waals surface area contributed by atoms with Crippen LogP contribution < -0.4 is 4.90 Å². The minimum atomic E-state index is -0.217. The molecular weight excluding hydrogens is 228 g/mol. The average Bonchev–Trinajstić information content (AvgIpc) is 2.46. The molecule has 0 fully saturated rings. The molecule has 1 amide bonds. The maximum atomic E-state index is 12.2. The van der Waals surface area contributed by atoms with Gasteiger partial charge in [-0.2, -0.15) is 5.26 Å². The molecule has 5 heteroatoms. The van der Waals surface area contributed by atoms with E-state index in [4.69, 9.17) is 5.26 Å². The lowest BCUT2D eigenvalue weighted by molar-refractivity contribution is 0.0992. The summed E-state index contributed by atoms with van der Waals surface area (Å²) in [7, 11) is 1.66. The second-order valence-electron chi connectivity index (χ2n) is 3.64. The molecule has 2 rings (SSSR count). The number of pyridine rings is 2. The third kappa shape index (κ3) is 2.33. The van der Waals surface area contributed by atoms with Crippen LogP contribution in [0.2, 0.25) is 0 Å². The second kappa shape index (κ2) is 5.06. The van der Waals surface area contributed by atoms with Crippen LogP contribution >= 0.6 is 0 Å². The zero-order valence-electron chi connectivity index (χ0n) is 9.74. The highest BCUT2D eigenvalue weighted by Crippen LogP contribution is 2.14. The Bertz CT molecular complexity index is 604. The first-order chi connectivity index (χ1) is 8.72. The van der Waals surface area contributed by atoms with E-state index in [0.29, 0.717) is 11.1 Å². The van der Waals surface area contributed by atoms with Crippen molar-refractivity contribution in [2.75, 3.05) is 11.9 Å². The minimum Gasteiger partial charge on any atom is -0.311 e. The van der Waals surface area contributed by atoms with Crippen molar-refractivity contribution in [3.8, 4) is 6.07 Å². The van der Waals surface area contributed by atoms with E-state index in [1.807, 2.05) is 6.07 Å². The maximum Gasteiger partial charge on any atom is 0.259 e. The Labute approximate surface area is 104 Å². The largest absolute Gasteiger partial charge is 0.311 e. The average molecular weight is 238 g/mol. The number of nitriles is 1.